The third-order valence-electron chi connectivity index (χ3n) is 2.11. The summed E-state index contributed by atoms with van der Waals surface area (Å²) in [5, 5.41) is 13.6. The highest BCUT2D eigenvalue weighted by molar-refractivity contribution is 5.74. The zero-order valence-corrected chi connectivity index (χ0v) is 8.90. The molecule has 3 N–H and O–H groups in total. The molecule has 0 heterocycles. The molecule has 0 bridgehead atoms. The first-order valence-electron chi connectivity index (χ1n) is 4.78. The Labute approximate surface area is 92.6 Å². The normalized spacial score (nSPS) is 9.81. The van der Waals surface area contributed by atoms with Crippen LogP contribution in [0.1, 0.15) is 12.0 Å². The van der Waals surface area contributed by atoms with Crippen molar-refractivity contribution < 1.29 is 9.72 Å². The average molecular weight is 223 g/mol. The second-order valence-corrected chi connectivity index (χ2v) is 3.37. The van der Waals surface area contributed by atoms with Crippen LogP contribution in [0.15, 0.2) is 18.2 Å². The van der Waals surface area contributed by atoms with Gasteiger partial charge < -0.3 is 11.1 Å². The van der Waals surface area contributed by atoms with Crippen molar-refractivity contribution in [3.05, 3.63) is 33.9 Å². The molecule has 1 amide bonds. The minimum Gasteiger partial charge on any atom is -0.379 e. The number of carbonyl (C=O) groups is 1. The Kier molecular flexibility index (Phi) is 3.82. The van der Waals surface area contributed by atoms with Crippen molar-refractivity contribution in [2.24, 2.45) is 5.73 Å². The van der Waals surface area contributed by atoms with Crippen LogP contribution < -0.4 is 11.1 Å². The molecule has 0 radical (unpaired) electrons. The molecule has 0 saturated carbocycles. The van der Waals surface area contributed by atoms with Gasteiger partial charge in [-0.3, -0.25) is 14.9 Å². The molecule has 0 unspecified atom stereocenters. The van der Waals surface area contributed by atoms with Crippen LogP contribution in [0.4, 0.5) is 11.4 Å². The Morgan fingerprint density at radius 3 is 2.81 bits per heavy atom. The van der Waals surface area contributed by atoms with Gasteiger partial charge in [-0.25, -0.2) is 0 Å². The van der Waals surface area contributed by atoms with E-state index in [-0.39, 0.29) is 12.1 Å². The fraction of sp³-hybridized carbons (Fsp3) is 0.300. The largest absolute Gasteiger partial charge is 0.379 e. The van der Waals surface area contributed by atoms with Gasteiger partial charge in [-0.1, -0.05) is 12.1 Å². The fourth-order valence-corrected chi connectivity index (χ4v) is 1.36. The number of rotatable bonds is 5. The first-order chi connectivity index (χ1) is 7.52. The number of amides is 1. The molecule has 0 spiro atoms. The highest BCUT2D eigenvalue weighted by Gasteiger charge is 2.16. The fourth-order valence-electron chi connectivity index (χ4n) is 1.36. The standard InChI is InChI=1S/C10H13N3O3/c1-7-3-2-4-8(10(7)13(15)16)12-6-5-9(11)14/h2-4,12H,5-6H2,1H3,(H2,11,14). The van der Waals surface area contributed by atoms with Gasteiger partial charge in [0, 0.05) is 18.5 Å². The Bertz CT molecular complexity index is 418. The molecular weight excluding hydrogens is 210 g/mol. The number of anilines is 1. The number of hydrogen-bond acceptors (Lipinski definition) is 4. The number of primary amides is 1. The first-order valence-corrected chi connectivity index (χ1v) is 4.78. The molecular formula is C10H13N3O3. The zero-order chi connectivity index (χ0) is 12.1. The van der Waals surface area contributed by atoms with Gasteiger partial charge in [0.15, 0.2) is 0 Å². The zero-order valence-electron chi connectivity index (χ0n) is 8.90. The number of nitrogens with two attached hydrogens (primary N) is 1. The van der Waals surface area contributed by atoms with E-state index < -0.39 is 10.8 Å². The predicted octanol–water partition coefficient (Wildman–Crippen LogP) is 1.19. The number of carbonyl (C=O) groups excluding carboxylic acids is 1. The van der Waals surface area contributed by atoms with E-state index in [0.29, 0.717) is 17.8 Å². The number of nitro benzene ring substituents is 1. The first kappa shape index (κ1) is 12.0. The average Bonchev–Trinajstić information content (AvgIpc) is 2.16. The molecule has 86 valence electrons. The second-order valence-electron chi connectivity index (χ2n) is 3.37. The molecule has 0 aliphatic heterocycles. The smallest absolute Gasteiger partial charge is 0.295 e. The van der Waals surface area contributed by atoms with Crippen molar-refractivity contribution in [3.8, 4) is 0 Å². The lowest BCUT2D eigenvalue weighted by Gasteiger charge is -2.07. The summed E-state index contributed by atoms with van der Waals surface area (Å²) in [5.74, 6) is -0.442. The number of hydrogen-bond donors (Lipinski definition) is 2. The topological polar surface area (TPSA) is 98.3 Å². The van der Waals surface area contributed by atoms with Gasteiger partial charge in [-0.05, 0) is 13.0 Å². The molecule has 1 aromatic carbocycles. The molecule has 16 heavy (non-hydrogen) atoms. The molecule has 0 fully saturated rings. The van der Waals surface area contributed by atoms with E-state index in [1.54, 1.807) is 25.1 Å². The highest BCUT2D eigenvalue weighted by atomic mass is 16.6. The summed E-state index contributed by atoms with van der Waals surface area (Å²) < 4.78 is 0. The number of nitrogens with zero attached hydrogens (tertiary/aromatic N) is 1. The second kappa shape index (κ2) is 5.11. The van der Waals surface area contributed by atoms with E-state index in [1.807, 2.05) is 0 Å². The van der Waals surface area contributed by atoms with Crippen molar-refractivity contribution in [3.63, 3.8) is 0 Å². The Morgan fingerprint density at radius 1 is 1.56 bits per heavy atom. The molecule has 0 aromatic heterocycles. The van der Waals surface area contributed by atoms with E-state index in [1.165, 1.54) is 0 Å². The summed E-state index contributed by atoms with van der Waals surface area (Å²) in [7, 11) is 0. The number of nitrogens with one attached hydrogen (secondary N) is 1. The van der Waals surface area contributed by atoms with Crippen molar-refractivity contribution >= 4 is 17.3 Å². The number of benzene rings is 1. The predicted molar refractivity (Wildman–Crippen MR) is 60.1 cm³/mol. The number of para-hydroxylation sites is 1. The quantitative estimate of drug-likeness (QED) is 0.578. The van der Waals surface area contributed by atoms with Gasteiger partial charge in [0.25, 0.3) is 5.69 Å². The molecule has 0 atom stereocenters. The Hall–Kier alpha value is -2.11. The summed E-state index contributed by atoms with van der Waals surface area (Å²) in [5.41, 5.74) is 5.99. The highest BCUT2D eigenvalue weighted by Crippen LogP contribution is 2.27. The third kappa shape index (κ3) is 2.94. The van der Waals surface area contributed by atoms with Crippen LogP contribution in [0.25, 0.3) is 0 Å². The van der Waals surface area contributed by atoms with Crippen molar-refractivity contribution in [1.82, 2.24) is 0 Å². The van der Waals surface area contributed by atoms with E-state index in [0.717, 1.165) is 0 Å². The molecule has 0 aliphatic rings. The van der Waals surface area contributed by atoms with Crippen LogP contribution in [0, 0.1) is 17.0 Å². The minimum absolute atomic E-state index is 0.0342. The van der Waals surface area contributed by atoms with Crippen molar-refractivity contribution in [1.29, 1.82) is 0 Å². The molecule has 1 aromatic rings. The van der Waals surface area contributed by atoms with Crippen molar-refractivity contribution in [2.75, 3.05) is 11.9 Å². The number of aryl methyl sites for hydroxylation is 1. The molecule has 6 nitrogen and oxygen atoms in total. The van der Waals surface area contributed by atoms with Crippen LogP contribution in [-0.2, 0) is 4.79 Å². The SMILES string of the molecule is Cc1cccc(NCCC(N)=O)c1[N+](=O)[O-]. The van der Waals surface area contributed by atoms with Gasteiger partial charge in [-0.15, -0.1) is 0 Å². The Balaban J connectivity index is 2.83. The summed E-state index contributed by atoms with van der Waals surface area (Å²) in [6, 6.07) is 4.98. The third-order valence-corrected chi connectivity index (χ3v) is 2.11. The van der Waals surface area contributed by atoms with Crippen LogP contribution >= 0.6 is 0 Å². The van der Waals surface area contributed by atoms with Crippen LogP contribution in [0.5, 0.6) is 0 Å². The monoisotopic (exact) mass is 223 g/mol. The van der Waals surface area contributed by atoms with E-state index >= 15 is 0 Å². The van der Waals surface area contributed by atoms with E-state index in [9.17, 15) is 14.9 Å². The van der Waals surface area contributed by atoms with E-state index in [2.05, 4.69) is 5.32 Å². The summed E-state index contributed by atoms with van der Waals surface area (Å²) in [6.07, 6.45) is 0.144. The molecule has 6 heteroatoms. The van der Waals surface area contributed by atoms with Crippen molar-refractivity contribution in [2.45, 2.75) is 13.3 Å². The number of nitro groups is 1. The van der Waals surface area contributed by atoms with Crippen LogP contribution in [0.3, 0.4) is 0 Å². The van der Waals surface area contributed by atoms with E-state index in [4.69, 9.17) is 5.73 Å². The van der Waals surface area contributed by atoms with Gasteiger partial charge in [-0.2, -0.15) is 0 Å². The Morgan fingerprint density at radius 2 is 2.25 bits per heavy atom. The molecule has 0 aliphatic carbocycles. The van der Waals surface area contributed by atoms with Gasteiger partial charge in [0.2, 0.25) is 5.91 Å². The summed E-state index contributed by atoms with van der Waals surface area (Å²) in [4.78, 5) is 20.9. The summed E-state index contributed by atoms with van der Waals surface area (Å²) >= 11 is 0. The van der Waals surface area contributed by atoms with Gasteiger partial charge in [0.05, 0.1) is 4.92 Å². The molecule has 0 saturated heterocycles. The van der Waals surface area contributed by atoms with Crippen LogP contribution in [-0.4, -0.2) is 17.4 Å². The maximum atomic E-state index is 10.8. The van der Waals surface area contributed by atoms with Gasteiger partial charge in [0.1, 0.15) is 5.69 Å². The van der Waals surface area contributed by atoms with Crippen LogP contribution in [0.2, 0.25) is 0 Å². The summed E-state index contributed by atoms with van der Waals surface area (Å²) in [6.45, 7) is 1.96. The maximum Gasteiger partial charge on any atom is 0.295 e. The minimum atomic E-state index is -0.443. The molecule has 1 rings (SSSR count). The lowest BCUT2D eigenvalue weighted by atomic mass is 10.1. The lowest BCUT2D eigenvalue weighted by Crippen LogP contribution is -2.16. The maximum absolute atomic E-state index is 10.8. The lowest BCUT2D eigenvalue weighted by molar-refractivity contribution is -0.384. The van der Waals surface area contributed by atoms with Gasteiger partial charge >= 0.3 is 0 Å².